The molecule has 1 heterocycles. The third-order valence-corrected chi connectivity index (χ3v) is 3.10. The molecule has 0 bridgehead atoms. The summed E-state index contributed by atoms with van der Waals surface area (Å²) >= 11 is 0. The molecular formula is C13H8O5. The molecular weight excluding hydrogens is 236 g/mol. The van der Waals surface area contributed by atoms with Crippen LogP contribution in [0.1, 0.15) is 43.1 Å². The van der Waals surface area contributed by atoms with E-state index in [0.717, 1.165) is 0 Å². The maximum Gasteiger partial charge on any atom is 0.344 e. The molecule has 3 rings (SSSR count). The van der Waals surface area contributed by atoms with Gasteiger partial charge in [0.15, 0.2) is 11.6 Å². The third-order valence-electron chi connectivity index (χ3n) is 3.10. The van der Waals surface area contributed by atoms with E-state index in [1.54, 1.807) is 0 Å². The predicted octanol–water partition coefficient (Wildman–Crippen LogP) is 1.61. The minimum atomic E-state index is -0.580. The van der Waals surface area contributed by atoms with Crippen LogP contribution in [0.15, 0.2) is 12.6 Å². The third kappa shape index (κ3) is 1.13. The second kappa shape index (κ2) is 3.29. The van der Waals surface area contributed by atoms with Gasteiger partial charge in [0.2, 0.25) is 0 Å². The van der Waals surface area contributed by atoms with Gasteiger partial charge in [-0.2, -0.15) is 0 Å². The van der Waals surface area contributed by atoms with Crippen molar-refractivity contribution in [3.63, 3.8) is 0 Å². The molecule has 0 N–H and O–H groups in total. The van der Waals surface area contributed by atoms with Crippen molar-refractivity contribution in [1.29, 1.82) is 0 Å². The van der Waals surface area contributed by atoms with Crippen molar-refractivity contribution in [3.05, 3.63) is 34.9 Å². The summed E-state index contributed by atoms with van der Waals surface area (Å²) < 4.78 is 10.1. The zero-order chi connectivity index (χ0) is 13.0. The summed E-state index contributed by atoms with van der Waals surface area (Å²) in [5.74, 6) is -0.845. The van der Waals surface area contributed by atoms with Crippen LogP contribution in [0.25, 0.3) is 5.76 Å². The lowest BCUT2D eigenvalue weighted by atomic mass is 9.98. The number of hydrogen-bond acceptors (Lipinski definition) is 5. The lowest BCUT2D eigenvalue weighted by Crippen LogP contribution is -2.03. The zero-order valence-electron chi connectivity index (χ0n) is 9.53. The Balaban J connectivity index is 2.43. The first-order valence-corrected chi connectivity index (χ1v) is 5.27. The van der Waals surface area contributed by atoms with Gasteiger partial charge in [-0.3, -0.25) is 9.59 Å². The van der Waals surface area contributed by atoms with Gasteiger partial charge in [-0.25, -0.2) is 4.79 Å². The summed E-state index contributed by atoms with van der Waals surface area (Å²) in [7, 11) is 1.38. The van der Waals surface area contributed by atoms with Gasteiger partial charge in [-0.1, -0.05) is 6.58 Å². The Kier molecular flexibility index (Phi) is 1.96. The van der Waals surface area contributed by atoms with E-state index < -0.39 is 5.97 Å². The molecule has 90 valence electrons. The number of fused-ring (bicyclic) bond motifs is 2. The van der Waals surface area contributed by atoms with E-state index in [-0.39, 0.29) is 46.2 Å². The van der Waals surface area contributed by atoms with Gasteiger partial charge in [0, 0.05) is 5.56 Å². The molecule has 5 nitrogen and oxygen atoms in total. The molecule has 0 spiro atoms. The highest BCUT2D eigenvalue weighted by Gasteiger charge is 2.39. The number of rotatable bonds is 1. The number of ketones is 2. The molecule has 0 unspecified atom stereocenters. The molecule has 0 radical (unpaired) electrons. The van der Waals surface area contributed by atoms with Crippen LogP contribution in [0, 0.1) is 0 Å². The Morgan fingerprint density at radius 1 is 1.17 bits per heavy atom. The van der Waals surface area contributed by atoms with Crippen molar-refractivity contribution >= 4 is 23.3 Å². The summed E-state index contributed by atoms with van der Waals surface area (Å²) in [4.78, 5) is 35.1. The Hall–Kier alpha value is -2.43. The summed E-state index contributed by atoms with van der Waals surface area (Å²) in [6.07, 6.45) is -0.184. The van der Waals surface area contributed by atoms with Gasteiger partial charge in [-0.15, -0.1) is 0 Å². The summed E-state index contributed by atoms with van der Waals surface area (Å²) in [6.45, 7) is 3.60. The molecule has 0 saturated heterocycles. The monoisotopic (exact) mass is 244 g/mol. The van der Waals surface area contributed by atoms with Gasteiger partial charge >= 0.3 is 5.97 Å². The van der Waals surface area contributed by atoms with Gasteiger partial charge in [-0.05, 0) is 6.07 Å². The first kappa shape index (κ1) is 10.7. The van der Waals surface area contributed by atoms with Gasteiger partial charge in [0.1, 0.15) is 11.5 Å². The Morgan fingerprint density at radius 3 is 2.56 bits per heavy atom. The van der Waals surface area contributed by atoms with Crippen LogP contribution in [0.4, 0.5) is 0 Å². The minimum absolute atomic E-state index is 0.141. The topological polar surface area (TPSA) is 69.7 Å². The fourth-order valence-corrected chi connectivity index (χ4v) is 2.34. The molecule has 0 atom stereocenters. The maximum absolute atomic E-state index is 11.8. The Labute approximate surface area is 102 Å². The maximum atomic E-state index is 11.8. The van der Waals surface area contributed by atoms with E-state index in [9.17, 15) is 14.4 Å². The molecule has 0 amide bonds. The highest BCUT2D eigenvalue weighted by molar-refractivity contribution is 6.27. The lowest BCUT2D eigenvalue weighted by molar-refractivity contribution is 0.0716. The van der Waals surface area contributed by atoms with E-state index in [1.165, 1.54) is 13.2 Å². The van der Waals surface area contributed by atoms with Gasteiger partial charge < -0.3 is 9.47 Å². The van der Waals surface area contributed by atoms with Crippen molar-refractivity contribution in [2.24, 2.45) is 0 Å². The van der Waals surface area contributed by atoms with Crippen molar-refractivity contribution < 1.29 is 23.9 Å². The molecule has 1 aliphatic heterocycles. The molecule has 0 fully saturated rings. The van der Waals surface area contributed by atoms with E-state index >= 15 is 0 Å². The van der Waals surface area contributed by atoms with Crippen LogP contribution < -0.4 is 4.74 Å². The average Bonchev–Trinajstić information content (AvgIpc) is 2.77. The Bertz CT molecular complexity index is 602. The van der Waals surface area contributed by atoms with Crippen LogP contribution in [-0.4, -0.2) is 24.6 Å². The molecule has 2 aliphatic rings. The fraction of sp³-hybridized carbons (Fsp3) is 0.154. The number of benzene rings is 1. The fourth-order valence-electron chi connectivity index (χ4n) is 2.34. The number of carbonyl (C=O) groups is 3. The number of ether oxygens (including phenoxy) is 2. The molecule has 5 heteroatoms. The standard InChI is InChI=1S/C13H8O5/c1-5-10-7(13(16)18-5)3-6-8(14)4-9(15)11(6)12(10)17-2/h3H,1,4H2,2H3. The number of hydrogen-bond donors (Lipinski definition) is 0. The molecule has 0 saturated carbocycles. The molecule has 1 aliphatic carbocycles. The summed E-state index contributed by atoms with van der Waals surface area (Å²) in [5, 5.41) is 0. The molecule has 0 aromatic heterocycles. The van der Waals surface area contributed by atoms with Crippen molar-refractivity contribution in [1.82, 2.24) is 0 Å². The van der Waals surface area contributed by atoms with E-state index in [4.69, 9.17) is 9.47 Å². The first-order chi connectivity index (χ1) is 8.54. The van der Waals surface area contributed by atoms with Crippen molar-refractivity contribution in [2.75, 3.05) is 7.11 Å². The van der Waals surface area contributed by atoms with Gasteiger partial charge in [0.25, 0.3) is 0 Å². The van der Waals surface area contributed by atoms with Crippen molar-refractivity contribution in [3.8, 4) is 5.75 Å². The van der Waals surface area contributed by atoms with E-state index in [0.29, 0.717) is 5.56 Å². The number of cyclic esters (lactones) is 1. The smallest absolute Gasteiger partial charge is 0.344 e. The average molecular weight is 244 g/mol. The highest BCUT2D eigenvalue weighted by atomic mass is 16.5. The number of Topliss-reactive ketones (excluding diaryl/α,β-unsaturated/α-hetero) is 2. The second-order valence-electron chi connectivity index (χ2n) is 4.09. The largest absolute Gasteiger partial charge is 0.495 e. The first-order valence-electron chi connectivity index (χ1n) is 5.27. The number of carbonyl (C=O) groups excluding carboxylic acids is 3. The highest BCUT2D eigenvalue weighted by Crippen LogP contribution is 2.42. The minimum Gasteiger partial charge on any atom is -0.495 e. The molecule has 18 heavy (non-hydrogen) atoms. The molecule has 1 aromatic rings. The van der Waals surface area contributed by atoms with Crippen LogP contribution in [0.3, 0.4) is 0 Å². The van der Waals surface area contributed by atoms with Crippen LogP contribution >= 0.6 is 0 Å². The summed E-state index contributed by atoms with van der Waals surface area (Å²) in [6, 6.07) is 1.39. The zero-order valence-corrected chi connectivity index (χ0v) is 9.53. The normalized spacial score (nSPS) is 16.7. The Morgan fingerprint density at radius 2 is 1.89 bits per heavy atom. The lowest BCUT2D eigenvalue weighted by Gasteiger charge is -2.09. The predicted molar refractivity (Wildman–Crippen MR) is 60.7 cm³/mol. The number of methoxy groups -OCH3 is 1. The SMILES string of the molecule is C=C1OC(=O)c2cc3c(c(OC)c21)C(=O)CC3=O. The molecule has 1 aromatic carbocycles. The van der Waals surface area contributed by atoms with E-state index in [1.807, 2.05) is 0 Å². The quantitative estimate of drug-likeness (QED) is 0.554. The summed E-state index contributed by atoms with van der Waals surface area (Å²) in [5.41, 5.74) is 1.03. The van der Waals surface area contributed by atoms with E-state index in [2.05, 4.69) is 6.58 Å². The van der Waals surface area contributed by atoms with Crippen LogP contribution in [0.2, 0.25) is 0 Å². The van der Waals surface area contributed by atoms with Crippen LogP contribution in [0.5, 0.6) is 5.75 Å². The second-order valence-corrected chi connectivity index (χ2v) is 4.09. The van der Waals surface area contributed by atoms with Crippen LogP contribution in [-0.2, 0) is 4.74 Å². The van der Waals surface area contributed by atoms with Gasteiger partial charge in [0.05, 0.1) is 30.2 Å². The number of esters is 1. The van der Waals surface area contributed by atoms with Crippen molar-refractivity contribution in [2.45, 2.75) is 6.42 Å².